The van der Waals surface area contributed by atoms with Crippen molar-refractivity contribution in [3.8, 4) is 0 Å². The van der Waals surface area contributed by atoms with Crippen LogP contribution >= 0.6 is 0 Å². The maximum atomic E-state index is 12.8. The fraction of sp³-hybridized carbons (Fsp3) is 0. The second-order valence-corrected chi connectivity index (χ2v) is 10.7. The number of carbonyl (C=O) groups is 1. The monoisotopic (exact) mass is 574 g/mol. The summed E-state index contributed by atoms with van der Waals surface area (Å²) < 4.78 is 97.5. The van der Waals surface area contributed by atoms with Crippen molar-refractivity contribution in [3.05, 3.63) is 54.1 Å². The zero-order chi connectivity index (χ0) is 24.1. The summed E-state index contributed by atoms with van der Waals surface area (Å²) in [6, 6.07) is 7.80. The van der Waals surface area contributed by atoms with Gasteiger partial charge in [0.1, 0.15) is 4.90 Å². The Bertz CT molecular complexity index is 1620. The van der Waals surface area contributed by atoms with Gasteiger partial charge in [-0.2, -0.15) is 25.3 Å². The molecule has 0 atom stereocenters. The van der Waals surface area contributed by atoms with Crippen LogP contribution in [-0.2, 0) is 30.4 Å². The summed E-state index contributed by atoms with van der Waals surface area (Å²) in [5, 5.41) is 2.20. The third-order valence-electron chi connectivity index (χ3n) is 4.27. The molecule has 0 unspecified atom stereocenters. The van der Waals surface area contributed by atoms with Crippen LogP contribution in [-0.4, -0.2) is 44.8 Å². The Morgan fingerprint density at radius 3 is 1.83 bits per heavy atom. The molecule has 18 heteroatoms. The fourth-order valence-electron chi connectivity index (χ4n) is 2.85. The number of nitrogens with two attached hydrogens (primary N) is 1. The zero-order valence-electron chi connectivity index (χ0n) is 21.6. The summed E-state index contributed by atoms with van der Waals surface area (Å²) in [5.41, 5.74) is 4.52. The van der Waals surface area contributed by atoms with Crippen LogP contribution < -0.4 is 99.7 Å². The molecule has 3 rings (SSSR count). The van der Waals surface area contributed by atoms with Gasteiger partial charge in [-0.3, -0.25) is 18.5 Å². The number of rotatable bonds is 5. The normalized spacial score (nSPS) is 11.5. The molecule has 3 aromatic rings. The molecule has 0 aliphatic heterocycles. The van der Waals surface area contributed by atoms with Crippen molar-refractivity contribution in [2.75, 3.05) is 11.1 Å². The van der Waals surface area contributed by atoms with Crippen LogP contribution in [0.5, 0.6) is 0 Å². The predicted molar refractivity (Wildman–Crippen MR) is 116 cm³/mol. The van der Waals surface area contributed by atoms with Crippen molar-refractivity contribution in [1.29, 1.82) is 0 Å². The Morgan fingerprint density at radius 2 is 1.31 bits per heavy atom. The Morgan fingerprint density at radius 1 is 0.743 bits per heavy atom. The maximum absolute atomic E-state index is 12.8. The number of nitrogens with one attached hydrogen (secondary N) is 1. The minimum Gasteiger partial charge on any atom is -1.00 e. The number of fused-ring (bicyclic) bond motifs is 1. The molecule has 0 radical (unpaired) electrons. The molecular weight excluding hydrogens is 557 g/mol. The van der Waals surface area contributed by atoms with E-state index in [1.807, 2.05) is 0 Å². The van der Waals surface area contributed by atoms with Crippen LogP contribution in [0.1, 0.15) is 14.6 Å². The van der Waals surface area contributed by atoms with E-state index in [9.17, 15) is 43.7 Å². The zero-order valence-corrected chi connectivity index (χ0v) is 27.1. The third-order valence-corrected chi connectivity index (χ3v) is 6.85. The van der Waals surface area contributed by atoms with Crippen LogP contribution in [0.4, 0.5) is 11.4 Å². The first kappa shape index (κ1) is 34.9. The number of hydrogen-bond donors (Lipinski definition) is 5. The SMILES string of the molecule is Nc1ccc(C(=O)Nc2cc(S(=O)(=O)O)cc3ccc(S(=O)(=O)O)cc23)c(S(=O)(=O)O)c1.[H-].[H-].[H-].[Na+].[Na+].[Na+]. The molecule has 0 aromatic heterocycles. The Balaban J connectivity index is -0.000000963. The van der Waals surface area contributed by atoms with Crippen molar-refractivity contribution in [2.45, 2.75) is 14.7 Å². The summed E-state index contributed by atoms with van der Waals surface area (Å²) in [7, 11) is -14.3. The van der Waals surface area contributed by atoms with Crippen molar-refractivity contribution in [3.63, 3.8) is 0 Å². The molecule has 0 aliphatic carbocycles. The van der Waals surface area contributed by atoms with Gasteiger partial charge in [-0.25, -0.2) is 0 Å². The van der Waals surface area contributed by atoms with E-state index >= 15 is 0 Å². The van der Waals surface area contributed by atoms with E-state index in [0.717, 1.165) is 42.5 Å². The van der Waals surface area contributed by atoms with E-state index < -0.39 is 56.5 Å². The minimum absolute atomic E-state index is 0. The van der Waals surface area contributed by atoms with E-state index in [0.29, 0.717) is 0 Å². The van der Waals surface area contributed by atoms with Gasteiger partial charge in [0.05, 0.1) is 21.0 Å². The molecule has 176 valence electrons. The molecule has 12 nitrogen and oxygen atoms in total. The first-order valence-corrected chi connectivity index (χ1v) is 12.6. The largest absolute Gasteiger partial charge is 1.00 e. The van der Waals surface area contributed by atoms with Gasteiger partial charge in [-0.15, -0.1) is 0 Å². The molecule has 1 amide bonds. The summed E-state index contributed by atoms with van der Waals surface area (Å²) in [6.45, 7) is 0. The van der Waals surface area contributed by atoms with Crippen molar-refractivity contribution >= 4 is 58.4 Å². The van der Waals surface area contributed by atoms with Crippen molar-refractivity contribution < 1.29 is 137 Å². The van der Waals surface area contributed by atoms with E-state index in [1.165, 1.54) is 6.07 Å². The molecule has 0 saturated carbocycles. The van der Waals surface area contributed by atoms with Crippen LogP contribution in [0.2, 0.25) is 0 Å². The molecule has 0 saturated heterocycles. The first-order chi connectivity index (χ1) is 14.6. The van der Waals surface area contributed by atoms with Gasteiger partial charge in [0.15, 0.2) is 0 Å². The predicted octanol–water partition coefficient (Wildman–Crippen LogP) is -7.24. The molecule has 0 bridgehead atoms. The van der Waals surface area contributed by atoms with Crippen LogP contribution in [0, 0.1) is 0 Å². The van der Waals surface area contributed by atoms with Crippen LogP contribution in [0.15, 0.2) is 63.2 Å². The standard InChI is InChI=1S/C17H14N2O10S3.3Na.3H/c18-10-2-4-13(16(6-10)32(27,28)29)17(20)19-15-8-12(31(24,25)26)5-9-1-3-11(7-14(9)15)30(21,22)23;;;;;;/h1-8H,18H2,(H,19,20)(H,21,22,23)(H,24,25,26)(H,27,28,29);;;;;;/q;3*+1;3*-1. The number of amides is 1. The number of anilines is 2. The van der Waals surface area contributed by atoms with Gasteiger partial charge in [0.2, 0.25) is 0 Å². The average molecular weight is 574 g/mol. The van der Waals surface area contributed by atoms with Gasteiger partial charge in [-0.05, 0) is 47.9 Å². The van der Waals surface area contributed by atoms with Gasteiger partial charge in [0.25, 0.3) is 36.3 Å². The van der Waals surface area contributed by atoms with E-state index in [-0.39, 0.29) is 115 Å². The van der Waals surface area contributed by atoms with E-state index in [2.05, 4.69) is 5.32 Å². The second-order valence-electron chi connectivity index (χ2n) is 6.49. The Hall–Kier alpha value is -0.0800. The third kappa shape index (κ3) is 8.46. The molecule has 3 aromatic carbocycles. The second kappa shape index (κ2) is 12.6. The topological polar surface area (TPSA) is 218 Å². The Labute approximate surface area is 271 Å². The minimum atomic E-state index is -4.88. The number of nitrogen functional groups attached to an aromatic ring is 1. The first-order valence-electron chi connectivity index (χ1n) is 8.28. The molecule has 0 heterocycles. The summed E-state index contributed by atoms with van der Waals surface area (Å²) >= 11 is 0. The fourth-order valence-corrected chi connectivity index (χ4v) is 4.62. The Kier molecular flexibility index (Phi) is 12.6. The van der Waals surface area contributed by atoms with Gasteiger partial charge < -0.3 is 15.3 Å². The molecule has 0 spiro atoms. The number of benzene rings is 3. The van der Waals surface area contributed by atoms with E-state index in [4.69, 9.17) is 5.73 Å². The number of hydrogen-bond acceptors (Lipinski definition) is 8. The molecule has 0 aliphatic rings. The summed E-state index contributed by atoms with van der Waals surface area (Å²) in [4.78, 5) is 10.7. The van der Waals surface area contributed by atoms with Crippen LogP contribution in [0.25, 0.3) is 10.8 Å². The molecule has 35 heavy (non-hydrogen) atoms. The molecular formula is C17H17N2Na3O10S3. The van der Waals surface area contributed by atoms with E-state index in [1.54, 1.807) is 0 Å². The van der Waals surface area contributed by atoms with Crippen molar-refractivity contribution in [1.82, 2.24) is 0 Å². The quantitative estimate of drug-likeness (QED) is 0.110. The van der Waals surface area contributed by atoms with Gasteiger partial charge >= 0.3 is 88.7 Å². The van der Waals surface area contributed by atoms with Gasteiger partial charge in [0, 0.05) is 11.1 Å². The van der Waals surface area contributed by atoms with Gasteiger partial charge in [-0.1, -0.05) is 6.07 Å². The maximum Gasteiger partial charge on any atom is 1.00 e. The number of carbonyl (C=O) groups excluding carboxylic acids is 1. The average Bonchev–Trinajstić information content (AvgIpc) is 2.65. The van der Waals surface area contributed by atoms with Crippen molar-refractivity contribution in [2.24, 2.45) is 0 Å². The summed E-state index contributed by atoms with van der Waals surface area (Å²) in [5.74, 6) is -1.14. The molecule has 6 N–H and O–H groups in total. The summed E-state index contributed by atoms with van der Waals surface area (Å²) in [6.07, 6.45) is 0. The molecule has 0 fully saturated rings. The smallest absolute Gasteiger partial charge is 1.00 e. The van der Waals surface area contributed by atoms with Crippen LogP contribution in [0.3, 0.4) is 0 Å².